The van der Waals surface area contributed by atoms with E-state index in [1.807, 2.05) is 6.92 Å². The summed E-state index contributed by atoms with van der Waals surface area (Å²) >= 11 is 0. The van der Waals surface area contributed by atoms with Gasteiger partial charge in [-0.05, 0) is 19.3 Å². The Hall–Kier alpha value is -1.32. The number of allylic oxidation sites excluding steroid dienone is 4. The van der Waals surface area contributed by atoms with Gasteiger partial charge in [-0.1, -0.05) is 19.1 Å². The van der Waals surface area contributed by atoms with E-state index in [4.69, 9.17) is 0 Å². The van der Waals surface area contributed by atoms with Crippen LogP contribution in [-0.2, 0) is 4.79 Å². The summed E-state index contributed by atoms with van der Waals surface area (Å²) in [4.78, 5) is 14.7. The third-order valence-electron chi connectivity index (χ3n) is 2.15. The Morgan fingerprint density at radius 3 is 2.80 bits per heavy atom. The molecule has 1 aliphatic rings. The molecule has 0 aromatic heterocycles. The lowest BCUT2D eigenvalue weighted by Crippen LogP contribution is -2.06. The first-order chi connectivity index (χ1) is 7.00. The van der Waals surface area contributed by atoms with E-state index in [0.717, 1.165) is 0 Å². The molecule has 0 saturated heterocycles. The zero-order chi connectivity index (χ0) is 11.4. The highest BCUT2D eigenvalue weighted by atomic mass is 19.3. The van der Waals surface area contributed by atoms with Gasteiger partial charge in [-0.15, -0.1) is 0 Å². The maximum atomic E-state index is 12.4. The smallest absolute Gasteiger partial charge is 0.280 e. The largest absolute Gasteiger partial charge is 0.294 e. The van der Waals surface area contributed by atoms with Crippen LogP contribution in [0.25, 0.3) is 0 Å². The summed E-state index contributed by atoms with van der Waals surface area (Å²) in [5, 5.41) is 0. The lowest BCUT2D eigenvalue weighted by Gasteiger charge is -2.09. The van der Waals surface area contributed by atoms with Crippen LogP contribution < -0.4 is 0 Å². The van der Waals surface area contributed by atoms with Gasteiger partial charge in [-0.25, -0.2) is 8.78 Å². The maximum absolute atomic E-state index is 12.4. The second-order valence-electron chi connectivity index (χ2n) is 3.58. The molecule has 0 aliphatic carbocycles. The summed E-state index contributed by atoms with van der Waals surface area (Å²) in [5.74, 6) is -0.0782. The quantitative estimate of drug-likeness (QED) is 0.693. The van der Waals surface area contributed by atoms with Crippen molar-refractivity contribution in [2.75, 3.05) is 0 Å². The number of carbonyl (C=O) groups excluding carboxylic acids is 1. The molecule has 0 N–H and O–H groups in total. The van der Waals surface area contributed by atoms with E-state index in [1.165, 1.54) is 19.2 Å². The van der Waals surface area contributed by atoms with Crippen molar-refractivity contribution in [3.05, 3.63) is 23.4 Å². The van der Waals surface area contributed by atoms with Crippen LogP contribution in [0.4, 0.5) is 8.78 Å². The third kappa shape index (κ3) is 3.38. The first-order valence-electron chi connectivity index (χ1n) is 4.75. The molecular weight excluding hydrogens is 200 g/mol. The van der Waals surface area contributed by atoms with Crippen molar-refractivity contribution in [2.24, 2.45) is 10.9 Å². The van der Waals surface area contributed by atoms with Crippen LogP contribution in [0.3, 0.4) is 0 Å². The number of ketones is 1. The highest BCUT2D eigenvalue weighted by Gasteiger charge is 2.13. The molecule has 1 rings (SSSR count). The van der Waals surface area contributed by atoms with Gasteiger partial charge in [0.25, 0.3) is 6.43 Å². The van der Waals surface area contributed by atoms with Gasteiger partial charge >= 0.3 is 0 Å². The number of Topliss-reactive ketones (excluding diaryl/α,β-unsaturated/α-hetero) is 1. The summed E-state index contributed by atoms with van der Waals surface area (Å²) in [6, 6.07) is 0. The van der Waals surface area contributed by atoms with E-state index in [9.17, 15) is 13.6 Å². The van der Waals surface area contributed by atoms with Crippen molar-refractivity contribution in [1.29, 1.82) is 0 Å². The predicted octanol–water partition coefficient (Wildman–Crippen LogP) is 2.76. The monoisotopic (exact) mass is 213 g/mol. The van der Waals surface area contributed by atoms with Crippen LogP contribution >= 0.6 is 0 Å². The van der Waals surface area contributed by atoms with Crippen LogP contribution in [-0.4, -0.2) is 18.4 Å². The number of hydrogen-bond acceptors (Lipinski definition) is 2. The SMILES string of the molecule is CC(=O)C1=CC(C)CC=C(C(F)F)N=C1. The molecule has 1 unspecified atom stereocenters. The second kappa shape index (κ2) is 4.96. The number of rotatable bonds is 2. The number of carbonyl (C=O) groups is 1. The summed E-state index contributed by atoms with van der Waals surface area (Å²) in [7, 11) is 0. The van der Waals surface area contributed by atoms with Crippen LogP contribution in [0.15, 0.2) is 28.4 Å². The van der Waals surface area contributed by atoms with Crippen molar-refractivity contribution >= 4 is 12.0 Å². The summed E-state index contributed by atoms with van der Waals surface area (Å²) in [6.07, 6.45) is 2.29. The molecule has 1 heterocycles. The van der Waals surface area contributed by atoms with Gasteiger partial charge in [-0.2, -0.15) is 0 Å². The highest BCUT2D eigenvalue weighted by molar-refractivity contribution is 6.12. The van der Waals surface area contributed by atoms with Crippen LogP contribution in [0.2, 0.25) is 0 Å². The number of hydrogen-bond donors (Lipinski definition) is 0. The summed E-state index contributed by atoms with van der Waals surface area (Å²) in [5.41, 5.74) is 0.141. The molecule has 0 spiro atoms. The Kier molecular flexibility index (Phi) is 3.88. The van der Waals surface area contributed by atoms with Crippen molar-refractivity contribution in [3.63, 3.8) is 0 Å². The maximum Gasteiger partial charge on any atom is 0.280 e. The Labute approximate surface area is 87.4 Å². The molecule has 0 fully saturated rings. The minimum atomic E-state index is -2.58. The van der Waals surface area contributed by atoms with Crippen molar-refractivity contribution in [2.45, 2.75) is 26.7 Å². The minimum absolute atomic E-state index is 0.0735. The fraction of sp³-hybridized carbons (Fsp3) is 0.455. The van der Waals surface area contributed by atoms with E-state index in [0.29, 0.717) is 12.0 Å². The van der Waals surface area contributed by atoms with Gasteiger partial charge in [0.1, 0.15) is 5.70 Å². The van der Waals surface area contributed by atoms with Crippen LogP contribution in [0.5, 0.6) is 0 Å². The van der Waals surface area contributed by atoms with Gasteiger partial charge in [0, 0.05) is 11.8 Å². The second-order valence-corrected chi connectivity index (χ2v) is 3.58. The number of aliphatic imine (C=N–C) groups is 1. The fourth-order valence-electron chi connectivity index (χ4n) is 1.27. The van der Waals surface area contributed by atoms with E-state index in [1.54, 1.807) is 6.08 Å². The van der Waals surface area contributed by atoms with Crippen molar-refractivity contribution in [3.8, 4) is 0 Å². The third-order valence-corrected chi connectivity index (χ3v) is 2.15. The van der Waals surface area contributed by atoms with Gasteiger partial charge in [0.15, 0.2) is 5.78 Å². The summed E-state index contributed by atoms with van der Waals surface area (Å²) < 4.78 is 24.8. The van der Waals surface area contributed by atoms with E-state index >= 15 is 0 Å². The first kappa shape index (κ1) is 11.8. The lowest BCUT2D eigenvalue weighted by molar-refractivity contribution is -0.113. The van der Waals surface area contributed by atoms with Gasteiger partial charge in [0.2, 0.25) is 0 Å². The Morgan fingerprint density at radius 1 is 1.60 bits per heavy atom. The average molecular weight is 213 g/mol. The topological polar surface area (TPSA) is 29.4 Å². The molecule has 0 amide bonds. The van der Waals surface area contributed by atoms with Crippen LogP contribution in [0.1, 0.15) is 20.3 Å². The zero-order valence-electron chi connectivity index (χ0n) is 8.71. The number of alkyl halides is 2. The lowest BCUT2D eigenvalue weighted by atomic mass is 10.0. The molecule has 2 nitrogen and oxygen atoms in total. The standard InChI is InChI=1S/C11H13F2NO/c1-7-3-4-10(11(12)13)14-6-9(5-7)8(2)15/h4-7,11H,3H2,1-2H3. The molecule has 4 heteroatoms. The first-order valence-corrected chi connectivity index (χ1v) is 4.75. The fourth-order valence-corrected chi connectivity index (χ4v) is 1.27. The van der Waals surface area contributed by atoms with Gasteiger partial charge in [-0.3, -0.25) is 9.79 Å². The highest BCUT2D eigenvalue weighted by Crippen LogP contribution is 2.18. The Bertz CT molecular complexity index is 342. The Balaban J connectivity index is 2.98. The Morgan fingerprint density at radius 2 is 2.27 bits per heavy atom. The van der Waals surface area contributed by atoms with E-state index in [2.05, 4.69) is 4.99 Å². The molecule has 0 aromatic rings. The van der Waals surface area contributed by atoms with Crippen molar-refractivity contribution in [1.82, 2.24) is 0 Å². The number of halogens is 2. The molecule has 0 saturated carbocycles. The van der Waals surface area contributed by atoms with Crippen molar-refractivity contribution < 1.29 is 13.6 Å². The molecule has 1 aliphatic heterocycles. The molecular formula is C11H13F2NO. The normalized spacial score (nSPS) is 21.8. The van der Waals surface area contributed by atoms with Crippen LogP contribution in [0, 0.1) is 5.92 Å². The number of nitrogens with zero attached hydrogens (tertiary/aromatic N) is 1. The average Bonchev–Trinajstić information content (AvgIpc) is 2.10. The van der Waals surface area contributed by atoms with Gasteiger partial charge < -0.3 is 0 Å². The van der Waals surface area contributed by atoms with E-state index < -0.39 is 6.43 Å². The van der Waals surface area contributed by atoms with Gasteiger partial charge in [0.05, 0.1) is 0 Å². The minimum Gasteiger partial charge on any atom is -0.294 e. The molecule has 1 atom stereocenters. The predicted molar refractivity (Wildman–Crippen MR) is 55.1 cm³/mol. The zero-order valence-corrected chi connectivity index (χ0v) is 8.71. The molecule has 0 aromatic carbocycles. The molecule has 0 radical (unpaired) electrons. The van der Waals surface area contributed by atoms with E-state index in [-0.39, 0.29) is 17.4 Å². The molecule has 15 heavy (non-hydrogen) atoms. The molecule has 0 bridgehead atoms. The summed E-state index contributed by atoms with van der Waals surface area (Å²) in [6.45, 7) is 3.28. The molecule has 82 valence electrons.